The van der Waals surface area contributed by atoms with E-state index in [4.69, 9.17) is 15.2 Å². The van der Waals surface area contributed by atoms with Gasteiger partial charge in [-0.25, -0.2) is 0 Å². The molecular formula is C17H27N3O4. The number of amides is 2. The minimum atomic E-state index is -0.617. The first-order valence-corrected chi connectivity index (χ1v) is 7.98. The Morgan fingerprint density at radius 3 is 2.50 bits per heavy atom. The maximum absolute atomic E-state index is 11.8. The molecule has 0 saturated heterocycles. The predicted molar refractivity (Wildman–Crippen MR) is 91.8 cm³/mol. The molecule has 7 nitrogen and oxygen atoms in total. The van der Waals surface area contributed by atoms with Crippen LogP contribution >= 0.6 is 0 Å². The molecule has 0 radical (unpaired) electrons. The summed E-state index contributed by atoms with van der Waals surface area (Å²) in [5.74, 6) is 0.671. The third-order valence-corrected chi connectivity index (χ3v) is 3.46. The molecule has 0 aliphatic heterocycles. The molecule has 0 aliphatic carbocycles. The monoisotopic (exact) mass is 337 g/mol. The zero-order valence-electron chi connectivity index (χ0n) is 14.7. The molecule has 4 N–H and O–H groups in total. The quantitative estimate of drug-likeness (QED) is 0.619. The highest BCUT2D eigenvalue weighted by Gasteiger charge is 2.17. The fourth-order valence-electron chi connectivity index (χ4n) is 1.95. The summed E-state index contributed by atoms with van der Waals surface area (Å²) in [6.07, 6.45) is 0. The normalized spacial score (nSPS) is 11.8. The van der Waals surface area contributed by atoms with Gasteiger partial charge in [0.25, 0.3) is 0 Å². The average molecular weight is 337 g/mol. The first kappa shape index (κ1) is 19.8. The number of ether oxygens (including phenoxy) is 2. The van der Waals surface area contributed by atoms with Gasteiger partial charge in [0.05, 0.1) is 26.3 Å². The maximum Gasteiger partial charge on any atom is 0.239 e. The van der Waals surface area contributed by atoms with Crippen molar-refractivity contribution in [2.24, 2.45) is 11.7 Å². The predicted octanol–water partition coefficient (Wildman–Crippen LogP) is 0.810. The van der Waals surface area contributed by atoms with Crippen LogP contribution in [0.15, 0.2) is 18.2 Å². The fourth-order valence-corrected chi connectivity index (χ4v) is 1.95. The Morgan fingerprint density at radius 1 is 1.21 bits per heavy atom. The van der Waals surface area contributed by atoms with Crippen LogP contribution in [0.1, 0.15) is 26.3 Å². The van der Waals surface area contributed by atoms with Crippen LogP contribution in [-0.4, -0.2) is 38.1 Å². The van der Waals surface area contributed by atoms with Gasteiger partial charge in [0.1, 0.15) is 0 Å². The van der Waals surface area contributed by atoms with Crippen molar-refractivity contribution < 1.29 is 19.1 Å². The summed E-state index contributed by atoms with van der Waals surface area (Å²) >= 11 is 0. The SMILES string of the molecule is CCOc1ccc(CNC(=O)CNC(=O)[C@@H](N)C(C)C)cc1OC. The molecule has 1 aromatic carbocycles. The van der Waals surface area contributed by atoms with E-state index < -0.39 is 6.04 Å². The highest BCUT2D eigenvalue weighted by Crippen LogP contribution is 2.27. The van der Waals surface area contributed by atoms with Crippen molar-refractivity contribution >= 4 is 11.8 Å². The molecule has 0 unspecified atom stereocenters. The Morgan fingerprint density at radius 2 is 1.92 bits per heavy atom. The van der Waals surface area contributed by atoms with Crippen molar-refractivity contribution in [1.29, 1.82) is 0 Å². The van der Waals surface area contributed by atoms with Crippen molar-refractivity contribution in [2.45, 2.75) is 33.4 Å². The van der Waals surface area contributed by atoms with E-state index in [1.54, 1.807) is 19.2 Å². The third-order valence-electron chi connectivity index (χ3n) is 3.46. The topological polar surface area (TPSA) is 103 Å². The van der Waals surface area contributed by atoms with Crippen LogP contribution in [0.4, 0.5) is 0 Å². The van der Waals surface area contributed by atoms with Crippen LogP contribution in [-0.2, 0) is 16.1 Å². The van der Waals surface area contributed by atoms with Gasteiger partial charge in [0.2, 0.25) is 11.8 Å². The van der Waals surface area contributed by atoms with Crippen LogP contribution in [0.5, 0.6) is 11.5 Å². The van der Waals surface area contributed by atoms with Crippen molar-refractivity contribution in [2.75, 3.05) is 20.3 Å². The first-order valence-electron chi connectivity index (χ1n) is 7.98. The molecule has 2 amide bonds. The largest absolute Gasteiger partial charge is 0.493 e. The summed E-state index contributed by atoms with van der Waals surface area (Å²) in [5, 5.41) is 5.26. The van der Waals surface area contributed by atoms with Crippen LogP contribution in [0.2, 0.25) is 0 Å². The lowest BCUT2D eigenvalue weighted by Gasteiger charge is -2.15. The summed E-state index contributed by atoms with van der Waals surface area (Å²) < 4.78 is 10.7. The summed E-state index contributed by atoms with van der Waals surface area (Å²) in [4.78, 5) is 23.5. The van der Waals surface area contributed by atoms with E-state index in [0.29, 0.717) is 24.7 Å². The fraction of sp³-hybridized carbons (Fsp3) is 0.529. The van der Waals surface area contributed by atoms with E-state index in [1.807, 2.05) is 26.8 Å². The lowest BCUT2D eigenvalue weighted by Crippen LogP contribution is -2.47. The molecule has 1 rings (SSSR count). The second-order valence-electron chi connectivity index (χ2n) is 5.68. The highest BCUT2D eigenvalue weighted by atomic mass is 16.5. The van der Waals surface area contributed by atoms with Gasteiger partial charge in [-0.05, 0) is 30.5 Å². The molecule has 1 aromatic rings. The molecule has 7 heteroatoms. The zero-order valence-corrected chi connectivity index (χ0v) is 14.7. The van der Waals surface area contributed by atoms with Gasteiger partial charge in [-0.15, -0.1) is 0 Å². The van der Waals surface area contributed by atoms with E-state index in [0.717, 1.165) is 5.56 Å². The molecule has 0 saturated carbocycles. The Bertz CT molecular complexity index is 561. The van der Waals surface area contributed by atoms with Crippen molar-refractivity contribution in [3.8, 4) is 11.5 Å². The standard InChI is InChI=1S/C17H27N3O4/c1-5-24-13-7-6-12(8-14(13)23-4)9-19-15(21)10-20-17(22)16(18)11(2)3/h6-8,11,16H,5,9-10,18H2,1-4H3,(H,19,21)(H,20,22)/t16-/m0/s1. The lowest BCUT2D eigenvalue weighted by molar-refractivity contribution is -0.127. The number of methoxy groups -OCH3 is 1. The Hall–Kier alpha value is -2.28. The van der Waals surface area contributed by atoms with E-state index in [1.165, 1.54) is 0 Å². The summed E-state index contributed by atoms with van der Waals surface area (Å²) in [5.41, 5.74) is 6.58. The number of rotatable bonds is 9. The molecule has 0 bridgehead atoms. The van der Waals surface area contributed by atoms with Gasteiger partial charge in [-0.1, -0.05) is 19.9 Å². The van der Waals surface area contributed by atoms with E-state index >= 15 is 0 Å². The van der Waals surface area contributed by atoms with E-state index in [9.17, 15) is 9.59 Å². The maximum atomic E-state index is 11.8. The number of carbonyl (C=O) groups is 2. The number of hydrogen-bond acceptors (Lipinski definition) is 5. The molecule has 0 fully saturated rings. The smallest absolute Gasteiger partial charge is 0.239 e. The van der Waals surface area contributed by atoms with E-state index in [2.05, 4.69) is 10.6 Å². The summed E-state index contributed by atoms with van der Waals surface area (Å²) in [6.45, 7) is 6.37. The highest BCUT2D eigenvalue weighted by molar-refractivity contribution is 5.87. The average Bonchev–Trinajstić information content (AvgIpc) is 2.57. The van der Waals surface area contributed by atoms with Crippen LogP contribution < -0.4 is 25.8 Å². The second-order valence-corrected chi connectivity index (χ2v) is 5.68. The molecule has 0 heterocycles. The van der Waals surface area contributed by atoms with Gasteiger partial charge in [-0.3, -0.25) is 9.59 Å². The number of benzene rings is 1. The van der Waals surface area contributed by atoms with Crippen molar-refractivity contribution in [3.05, 3.63) is 23.8 Å². The number of nitrogens with two attached hydrogens (primary N) is 1. The van der Waals surface area contributed by atoms with Crippen LogP contribution in [0.3, 0.4) is 0 Å². The number of carbonyl (C=O) groups excluding carboxylic acids is 2. The van der Waals surface area contributed by atoms with E-state index in [-0.39, 0.29) is 24.3 Å². The molecule has 134 valence electrons. The molecule has 0 aromatic heterocycles. The van der Waals surface area contributed by atoms with Crippen LogP contribution in [0, 0.1) is 5.92 Å². The number of nitrogens with one attached hydrogen (secondary N) is 2. The second kappa shape index (κ2) is 9.77. The molecular weight excluding hydrogens is 310 g/mol. The van der Waals surface area contributed by atoms with Gasteiger partial charge in [0.15, 0.2) is 11.5 Å². The van der Waals surface area contributed by atoms with Gasteiger partial charge >= 0.3 is 0 Å². The third kappa shape index (κ3) is 6.08. The van der Waals surface area contributed by atoms with Crippen molar-refractivity contribution in [1.82, 2.24) is 10.6 Å². The minimum absolute atomic E-state index is 0.0179. The van der Waals surface area contributed by atoms with Gasteiger partial charge < -0.3 is 25.8 Å². The summed E-state index contributed by atoms with van der Waals surface area (Å²) in [7, 11) is 1.56. The van der Waals surface area contributed by atoms with Crippen molar-refractivity contribution in [3.63, 3.8) is 0 Å². The number of hydrogen-bond donors (Lipinski definition) is 3. The Balaban J connectivity index is 2.48. The molecule has 0 aliphatic rings. The Kier molecular flexibility index (Phi) is 8.05. The molecule has 24 heavy (non-hydrogen) atoms. The molecule has 1 atom stereocenters. The zero-order chi connectivity index (χ0) is 18.1. The van der Waals surface area contributed by atoms with Gasteiger partial charge in [0, 0.05) is 6.54 Å². The van der Waals surface area contributed by atoms with Gasteiger partial charge in [-0.2, -0.15) is 0 Å². The Labute approximate surface area is 142 Å². The van der Waals surface area contributed by atoms with Crippen LogP contribution in [0.25, 0.3) is 0 Å². The lowest BCUT2D eigenvalue weighted by atomic mass is 10.1. The molecule has 0 spiro atoms. The minimum Gasteiger partial charge on any atom is -0.493 e. The summed E-state index contributed by atoms with van der Waals surface area (Å²) in [6, 6.07) is 4.83. The first-order chi connectivity index (χ1) is 11.4.